The van der Waals surface area contributed by atoms with E-state index in [0.29, 0.717) is 0 Å². The summed E-state index contributed by atoms with van der Waals surface area (Å²) in [5.74, 6) is 0. The molecule has 0 saturated heterocycles. The van der Waals surface area contributed by atoms with Crippen molar-refractivity contribution in [2.75, 3.05) is 4.90 Å². The molecule has 0 atom stereocenters. The zero-order valence-electron chi connectivity index (χ0n) is 45.5. The fourth-order valence-corrected chi connectivity index (χ4v) is 13.4. The summed E-state index contributed by atoms with van der Waals surface area (Å²) >= 11 is 0. The molecule has 0 spiro atoms. The third-order valence-electron chi connectivity index (χ3n) is 17.6. The van der Waals surface area contributed by atoms with Gasteiger partial charge in [0.1, 0.15) is 0 Å². The van der Waals surface area contributed by atoms with E-state index in [4.69, 9.17) is 0 Å². The Morgan fingerprint density at radius 1 is 0.287 bits per heavy atom. The molecule has 0 bridgehead atoms. The number of anilines is 3. The zero-order chi connectivity index (χ0) is 53.7. The Balaban J connectivity index is 0.815. The summed E-state index contributed by atoms with van der Waals surface area (Å²) < 4.78 is 2.53. The van der Waals surface area contributed by atoms with E-state index in [1.807, 2.05) is 0 Å². The van der Waals surface area contributed by atoms with E-state index in [2.05, 4.69) is 316 Å². The van der Waals surface area contributed by atoms with E-state index in [1.54, 1.807) is 0 Å². The predicted octanol–water partition coefficient (Wildman–Crippen LogP) is 21.2. The van der Waals surface area contributed by atoms with Crippen LogP contribution in [0.2, 0.25) is 0 Å². The van der Waals surface area contributed by atoms with E-state index in [0.717, 1.165) is 22.7 Å². The van der Waals surface area contributed by atoms with Gasteiger partial charge in [-0.3, -0.25) is 0 Å². The average molecular weight is 1020 g/mol. The Labute approximate surface area is 469 Å². The number of aromatic nitrogens is 1. The third kappa shape index (κ3) is 7.62. The highest BCUT2D eigenvalue weighted by Gasteiger charge is 2.39. The topological polar surface area (TPSA) is 8.17 Å². The lowest BCUT2D eigenvalue weighted by molar-refractivity contribution is 0.660. The van der Waals surface area contributed by atoms with E-state index in [9.17, 15) is 0 Å². The first kappa shape index (κ1) is 47.5. The smallest absolute Gasteiger partial charge is 0.0619 e. The monoisotopic (exact) mass is 1020 g/mol. The van der Waals surface area contributed by atoms with Crippen LogP contribution in [0.1, 0.15) is 49.9 Å². The van der Waals surface area contributed by atoms with Gasteiger partial charge in [0.25, 0.3) is 0 Å². The highest BCUT2D eigenvalue weighted by Crippen LogP contribution is 2.55. The molecular weight excluding hydrogens is 965 g/mol. The SMILES string of the molecule is CC1(C)c2cc(-c3ccc4c(c3)C(C)(C)c3cc5c(cc3-4)c(-c3ccccc3)c(-c3ccccc3)n5-c3ccc4ccccc4c3)ccc2-c2ccc(N(c3ccc(-c4ccccc4)cc3)c3ccc(-c4ccccc4)cc3)cc21. The molecule has 2 heteroatoms. The van der Waals surface area contributed by atoms with Crippen molar-refractivity contribution in [3.8, 4) is 83.7 Å². The van der Waals surface area contributed by atoms with Crippen LogP contribution in [0, 0.1) is 0 Å². The number of benzene rings is 12. The van der Waals surface area contributed by atoms with Gasteiger partial charge < -0.3 is 9.47 Å². The lowest BCUT2D eigenvalue weighted by Gasteiger charge is -2.28. The normalized spacial score (nSPS) is 13.4. The summed E-state index contributed by atoms with van der Waals surface area (Å²) in [5, 5.41) is 3.72. The van der Waals surface area contributed by atoms with E-state index < -0.39 is 0 Å². The Hall–Kier alpha value is -9.76. The van der Waals surface area contributed by atoms with Crippen LogP contribution in [0.5, 0.6) is 0 Å². The number of hydrogen-bond donors (Lipinski definition) is 0. The van der Waals surface area contributed by atoms with Gasteiger partial charge in [-0.05, 0) is 173 Å². The van der Waals surface area contributed by atoms with Crippen molar-refractivity contribution in [1.29, 1.82) is 0 Å². The van der Waals surface area contributed by atoms with Gasteiger partial charge in [0, 0.05) is 44.5 Å². The fraction of sp³-hybridized carbons (Fsp3) is 0.0769. The second kappa shape index (κ2) is 18.4. The summed E-state index contributed by atoms with van der Waals surface area (Å²) in [4.78, 5) is 2.41. The van der Waals surface area contributed by atoms with Crippen LogP contribution < -0.4 is 4.90 Å². The molecule has 2 aliphatic carbocycles. The van der Waals surface area contributed by atoms with Gasteiger partial charge in [-0.1, -0.05) is 234 Å². The van der Waals surface area contributed by atoms with Gasteiger partial charge in [-0.15, -0.1) is 0 Å². The maximum atomic E-state index is 2.53. The van der Waals surface area contributed by atoms with Crippen LogP contribution in [-0.2, 0) is 10.8 Å². The van der Waals surface area contributed by atoms with E-state index >= 15 is 0 Å². The summed E-state index contributed by atoms with van der Waals surface area (Å²) in [5.41, 5.74) is 28.0. The van der Waals surface area contributed by atoms with E-state index in [-0.39, 0.29) is 10.8 Å². The Morgan fingerprint density at radius 2 is 0.700 bits per heavy atom. The molecule has 13 aromatic rings. The molecule has 15 rings (SSSR count). The minimum absolute atomic E-state index is 0.247. The predicted molar refractivity (Wildman–Crippen MR) is 338 cm³/mol. The molecule has 0 amide bonds. The van der Waals surface area contributed by atoms with Gasteiger partial charge in [0.2, 0.25) is 0 Å². The van der Waals surface area contributed by atoms with Crippen molar-refractivity contribution in [2.45, 2.75) is 38.5 Å². The van der Waals surface area contributed by atoms with Crippen molar-refractivity contribution in [3.63, 3.8) is 0 Å². The molecule has 2 nitrogen and oxygen atoms in total. The molecule has 1 heterocycles. The van der Waals surface area contributed by atoms with Crippen LogP contribution in [0.25, 0.3) is 105 Å². The molecule has 0 N–H and O–H groups in total. The molecule has 2 aliphatic rings. The Morgan fingerprint density at radius 3 is 1.25 bits per heavy atom. The number of hydrogen-bond acceptors (Lipinski definition) is 1. The highest BCUT2D eigenvalue weighted by atomic mass is 15.1. The van der Waals surface area contributed by atoms with Crippen molar-refractivity contribution < 1.29 is 0 Å². The van der Waals surface area contributed by atoms with Gasteiger partial charge in [-0.2, -0.15) is 0 Å². The van der Waals surface area contributed by atoms with Crippen molar-refractivity contribution in [1.82, 2.24) is 4.57 Å². The van der Waals surface area contributed by atoms with Crippen LogP contribution in [0.15, 0.2) is 279 Å². The van der Waals surface area contributed by atoms with Gasteiger partial charge in [-0.25, -0.2) is 0 Å². The number of rotatable bonds is 9. The maximum absolute atomic E-state index is 2.53. The van der Waals surface area contributed by atoms with Crippen LogP contribution >= 0.6 is 0 Å². The Bertz CT molecular complexity index is 4450. The molecule has 80 heavy (non-hydrogen) atoms. The fourth-order valence-electron chi connectivity index (χ4n) is 13.4. The standard InChI is InChI=1S/C78H58N2/c1-77(2)70-46-59(34-42-65(70)66-44-41-64(48-72(66)77)79(61-36-29-54(30-37-61)51-19-9-5-10-20-51)62-38-31-55(32-39-62)52-21-11-6-12-22-52)60-35-43-67-68-49-69-74(50-73(68)78(3,4)71(67)47-60)80(63-40-33-53-23-17-18-28-58(53)45-63)76(57-26-15-8-16-27-57)75(69)56-24-13-7-14-25-56/h5-50H,1-4H3. The largest absolute Gasteiger partial charge is 0.310 e. The first-order valence-corrected chi connectivity index (χ1v) is 28.1. The van der Waals surface area contributed by atoms with Crippen molar-refractivity contribution >= 4 is 38.7 Å². The third-order valence-corrected chi connectivity index (χ3v) is 17.6. The van der Waals surface area contributed by atoms with Crippen LogP contribution in [0.3, 0.4) is 0 Å². The van der Waals surface area contributed by atoms with Crippen LogP contribution in [0.4, 0.5) is 17.1 Å². The second-order valence-electron chi connectivity index (χ2n) is 22.9. The summed E-state index contributed by atoms with van der Waals surface area (Å²) in [6, 6.07) is 103. The number of fused-ring (bicyclic) bond motifs is 8. The highest BCUT2D eigenvalue weighted by molar-refractivity contribution is 6.09. The first-order valence-electron chi connectivity index (χ1n) is 28.1. The quantitative estimate of drug-likeness (QED) is 0.140. The minimum Gasteiger partial charge on any atom is -0.310 e. The lowest BCUT2D eigenvalue weighted by Crippen LogP contribution is -2.17. The molecule has 380 valence electrons. The maximum Gasteiger partial charge on any atom is 0.0619 e. The molecular formula is C78H58N2. The lowest BCUT2D eigenvalue weighted by atomic mass is 9.80. The van der Waals surface area contributed by atoms with Crippen LogP contribution in [-0.4, -0.2) is 4.57 Å². The van der Waals surface area contributed by atoms with Crippen molar-refractivity contribution in [3.05, 3.63) is 301 Å². The zero-order valence-corrected chi connectivity index (χ0v) is 45.5. The van der Waals surface area contributed by atoms with E-state index in [1.165, 1.54) is 122 Å². The first-order chi connectivity index (χ1) is 39.2. The molecule has 12 aromatic carbocycles. The molecule has 0 fully saturated rings. The molecule has 1 aromatic heterocycles. The molecule has 0 unspecified atom stereocenters. The molecule has 0 saturated carbocycles. The average Bonchev–Trinajstić information content (AvgIpc) is 4.16. The second-order valence-corrected chi connectivity index (χ2v) is 22.9. The summed E-state index contributed by atoms with van der Waals surface area (Å²) in [7, 11) is 0. The molecule has 0 aliphatic heterocycles. The summed E-state index contributed by atoms with van der Waals surface area (Å²) in [6.45, 7) is 9.66. The summed E-state index contributed by atoms with van der Waals surface area (Å²) in [6.07, 6.45) is 0. The van der Waals surface area contributed by atoms with Crippen molar-refractivity contribution in [2.24, 2.45) is 0 Å². The number of nitrogens with zero attached hydrogens (tertiary/aromatic N) is 2. The van der Waals surface area contributed by atoms with Gasteiger partial charge in [0.05, 0.1) is 11.2 Å². The minimum atomic E-state index is -0.259. The van der Waals surface area contributed by atoms with Gasteiger partial charge in [0.15, 0.2) is 0 Å². The Kier molecular flexibility index (Phi) is 10.9. The molecule has 0 radical (unpaired) electrons. The van der Waals surface area contributed by atoms with Gasteiger partial charge >= 0.3 is 0 Å².